The van der Waals surface area contributed by atoms with E-state index in [0.717, 1.165) is 5.56 Å². The second kappa shape index (κ2) is 4.70. The van der Waals surface area contributed by atoms with Crippen LogP contribution in [0.3, 0.4) is 0 Å². The van der Waals surface area contributed by atoms with Crippen LogP contribution >= 0.6 is 0 Å². The van der Waals surface area contributed by atoms with Gasteiger partial charge in [-0.25, -0.2) is 0 Å². The fourth-order valence-electron chi connectivity index (χ4n) is 2.59. The summed E-state index contributed by atoms with van der Waals surface area (Å²) in [5.41, 5.74) is 2.27. The lowest BCUT2D eigenvalue weighted by molar-refractivity contribution is -0.114. The van der Waals surface area contributed by atoms with E-state index in [9.17, 15) is 14.4 Å². The molecule has 3 rings (SSSR count). The number of aryl methyl sites for hydroxylation is 2. The van der Waals surface area contributed by atoms with Gasteiger partial charge in [0.1, 0.15) is 0 Å². The van der Waals surface area contributed by atoms with Crippen LogP contribution in [0, 0.1) is 6.92 Å². The molecule has 2 aromatic rings. The maximum absolute atomic E-state index is 12.3. The van der Waals surface area contributed by atoms with Gasteiger partial charge in [-0.15, -0.1) is 0 Å². The van der Waals surface area contributed by atoms with E-state index in [2.05, 4.69) is 0 Å². The van der Waals surface area contributed by atoms with Gasteiger partial charge in [-0.1, -0.05) is 12.1 Å². The van der Waals surface area contributed by atoms with Crippen LogP contribution in [0.25, 0.3) is 0 Å². The summed E-state index contributed by atoms with van der Waals surface area (Å²) in [5, 5.41) is 0. The smallest absolute Gasteiger partial charge is 0.299 e. The topological polar surface area (TPSA) is 59.4 Å². The lowest BCUT2D eigenvalue weighted by Crippen LogP contribution is -2.34. The van der Waals surface area contributed by atoms with Crippen molar-refractivity contribution in [3.05, 3.63) is 53.3 Å². The van der Waals surface area contributed by atoms with Gasteiger partial charge in [-0.05, 0) is 24.6 Å². The molecule has 0 atom stereocenters. The molecule has 0 spiro atoms. The normalized spacial score (nSPS) is 13.7. The summed E-state index contributed by atoms with van der Waals surface area (Å²) >= 11 is 0. The molecule has 1 aromatic carbocycles. The van der Waals surface area contributed by atoms with Gasteiger partial charge in [0.2, 0.25) is 0 Å². The Kier molecular flexibility index (Phi) is 2.97. The number of Topliss-reactive ketones (excluding diaryl/α,β-unsaturated/α-hetero) is 2. The van der Waals surface area contributed by atoms with Crippen molar-refractivity contribution in [2.45, 2.75) is 6.92 Å². The summed E-state index contributed by atoms with van der Waals surface area (Å²) in [4.78, 5) is 37.6. The molecule has 0 bridgehead atoms. The maximum atomic E-state index is 12.3. The molecule has 0 aliphatic carbocycles. The Labute approximate surface area is 121 Å². The summed E-state index contributed by atoms with van der Waals surface area (Å²) in [7, 11) is 1.82. The van der Waals surface area contributed by atoms with Crippen molar-refractivity contribution >= 4 is 23.2 Å². The quantitative estimate of drug-likeness (QED) is 0.636. The second-order valence-electron chi connectivity index (χ2n) is 5.18. The number of amides is 1. The summed E-state index contributed by atoms with van der Waals surface area (Å²) < 4.78 is 1.77. The van der Waals surface area contributed by atoms with Gasteiger partial charge < -0.3 is 4.57 Å². The van der Waals surface area contributed by atoms with Crippen molar-refractivity contribution < 1.29 is 14.4 Å². The maximum Gasteiger partial charge on any atom is 0.299 e. The zero-order valence-electron chi connectivity index (χ0n) is 11.8. The summed E-state index contributed by atoms with van der Waals surface area (Å²) in [6.45, 7) is 1.71. The van der Waals surface area contributed by atoms with E-state index in [1.165, 1.54) is 4.90 Å². The van der Waals surface area contributed by atoms with E-state index < -0.39 is 11.7 Å². The monoisotopic (exact) mass is 282 g/mol. The van der Waals surface area contributed by atoms with Gasteiger partial charge >= 0.3 is 0 Å². The number of anilines is 1. The predicted octanol–water partition coefficient (Wildman–Crippen LogP) is 1.75. The molecule has 0 saturated carbocycles. The molecule has 1 aromatic heterocycles. The van der Waals surface area contributed by atoms with Crippen molar-refractivity contribution in [3.8, 4) is 0 Å². The molecule has 2 heterocycles. The molecule has 0 saturated heterocycles. The molecule has 1 aliphatic heterocycles. The third kappa shape index (κ3) is 2.07. The number of hydrogen-bond acceptors (Lipinski definition) is 3. The number of benzene rings is 1. The number of hydrogen-bond donors (Lipinski definition) is 0. The zero-order chi connectivity index (χ0) is 15.1. The van der Waals surface area contributed by atoms with E-state index in [0.29, 0.717) is 16.8 Å². The Bertz CT molecular complexity index is 774. The molecule has 5 nitrogen and oxygen atoms in total. The molecule has 0 unspecified atom stereocenters. The number of aromatic nitrogens is 1. The molecule has 21 heavy (non-hydrogen) atoms. The lowest BCUT2D eigenvalue weighted by Gasteiger charge is -2.17. The summed E-state index contributed by atoms with van der Waals surface area (Å²) in [6, 6.07) is 6.88. The first kappa shape index (κ1) is 13.3. The van der Waals surface area contributed by atoms with Crippen LogP contribution in [0.15, 0.2) is 36.7 Å². The van der Waals surface area contributed by atoms with Gasteiger partial charge in [0, 0.05) is 25.0 Å². The van der Waals surface area contributed by atoms with E-state index in [1.54, 1.807) is 35.2 Å². The summed E-state index contributed by atoms with van der Waals surface area (Å²) in [5.74, 6) is -1.37. The van der Waals surface area contributed by atoms with Crippen molar-refractivity contribution in [3.63, 3.8) is 0 Å². The van der Waals surface area contributed by atoms with Crippen molar-refractivity contribution in [2.75, 3.05) is 11.4 Å². The van der Waals surface area contributed by atoms with Crippen molar-refractivity contribution in [1.29, 1.82) is 0 Å². The Balaban J connectivity index is 1.95. The number of ketones is 2. The fraction of sp³-hybridized carbons (Fsp3) is 0.188. The van der Waals surface area contributed by atoms with E-state index in [4.69, 9.17) is 0 Å². The highest BCUT2D eigenvalue weighted by Crippen LogP contribution is 2.32. The Morgan fingerprint density at radius 2 is 1.95 bits per heavy atom. The number of nitrogens with zero attached hydrogens (tertiary/aromatic N) is 2. The van der Waals surface area contributed by atoms with Gasteiger partial charge in [0.15, 0.2) is 5.78 Å². The third-order valence-corrected chi connectivity index (χ3v) is 3.65. The van der Waals surface area contributed by atoms with Crippen molar-refractivity contribution in [2.24, 2.45) is 7.05 Å². The average molecular weight is 282 g/mol. The minimum Gasteiger partial charge on any atom is -0.357 e. The van der Waals surface area contributed by atoms with Gasteiger partial charge in [0.05, 0.1) is 17.8 Å². The number of para-hydroxylation sites is 1. The molecular weight excluding hydrogens is 268 g/mol. The third-order valence-electron chi connectivity index (χ3n) is 3.65. The SMILES string of the molecule is Cc1cccc2c1N(CC(=O)c1ccn(C)c1)C(=O)C2=O. The van der Waals surface area contributed by atoms with Crippen LogP contribution in [0.1, 0.15) is 26.3 Å². The molecule has 0 N–H and O–H groups in total. The van der Waals surface area contributed by atoms with Crippen molar-refractivity contribution in [1.82, 2.24) is 4.57 Å². The van der Waals surface area contributed by atoms with Crippen LogP contribution < -0.4 is 4.90 Å². The first-order valence-corrected chi connectivity index (χ1v) is 6.60. The van der Waals surface area contributed by atoms with E-state index in [1.807, 2.05) is 20.0 Å². The highest BCUT2D eigenvalue weighted by Gasteiger charge is 2.37. The first-order chi connectivity index (χ1) is 9.99. The van der Waals surface area contributed by atoms with E-state index in [-0.39, 0.29) is 12.3 Å². The van der Waals surface area contributed by atoms with Crippen LogP contribution in [0.2, 0.25) is 0 Å². The molecule has 0 fully saturated rings. The minimum atomic E-state index is -0.636. The molecule has 1 aliphatic rings. The fourth-order valence-corrected chi connectivity index (χ4v) is 2.59. The molecular formula is C16H14N2O3. The highest BCUT2D eigenvalue weighted by molar-refractivity contribution is 6.53. The highest BCUT2D eigenvalue weighted by atomic mass is 16.2. The zero-order valence-corrected chi connectivity index (χ0v) is 11.8. The standard InChI is InChI=1S/C16H14N2O3/c1-10-4-3-5-12-14(10)18(16(21)15(12)20)9-13(19)11-6-7-17(2)8-11/h3-8H,9H2,1-2H3. The first-order valence-electron chi connectivity index (χ1n) is 6.60. The number of carbonyl (C=O) groups excluding carboxylic acids is 3. The molecule has 1 amide bonds. The predicted molar refractivity (Wildman–Crippen MR) is 77.6 cm³/mol. The molecule has 5 heteroatoms. The number of carbonyl (C=O) groups is 3. The van der Waals surface area contributed by atoms with E-state index >= 15 is 0 Å². The largest absolute Gasteiger partial charge is 0.357 e. The van der Waals surface area contributed by atoms with Crippen LogP contribution in [0.4, 0.5) is 5.69 Å². The van der Waals surface area contributed by atoms with Gasteiger partial charge in [-0.3, -0.25) is 19.3 Å². The average Bonchev–Trinajstić information content (AvgIpc) is 2.98. The van der Waals surface area contributed by atoms with Crippen LogP contribution in [-0.2, 0) is 11.8 Å². The van der Waals surface area contributed by atoms with Crippen LogP contribution in [-0.4, -0.2) is 28.6 Å². The minimum absolute atomic E-state index is 0.119. The Morgan fingerprint density at radius 1 is 1.19 bits per heavy atom. The molecule has 106 valence electrons. The number of fused-ring (bicyclic) bond motifs is 1. The summed E-state index contributed by atoms with van der Waals surface area (Å²) in [6.07, 6.45) is 3.47. The van der Waals surface area contributed by atoms with Gasteiger partial charge in [-0.2, -0.15) is 0 Å². The Hall–Kier alpha value is -2.69. The van der Waals surface area contributed by atoms with Gasteiger partial charge in [0.25, 0.3) is 11.7 Å². The molecule has 0 radical (unpaired) electrons. The lowest BCUT2D eigenvalue weighted by atomic mass is 10.1. The number of rotatable bonds is 3. The second-order valence-corrected chi connectivity index (χ2v) is 5.18. The Morgan fingerprint density at radius 3 is 2.62 bits per heavy atom. The van der Waals surface area contributed by atoms with Crippen LogP contribution in [0.5, 0.6) is 0 Å².